The van der Waals surface area contributed by atoms with Gasteiger partial charge in [0, 0.05) is 5.02 Å². The van der Waals surface area contributed by atoms with E-state index in [0.717, 1.165) is 36.1 Å². The van der Waals surface area contributed by atoms with Crippen molar-refractivity contribution in [3.8, 4) is 11.1 Å². The Hall–Kier alpha value is -1.35. The molecule has 0 spiro atoms. The average Bonchev–Trinajstić information content (AvgIpc) is 2.47. The number of rotatable bonds is 6. The fourth-order valence-corrected chi connectivity index (χ4v) is 2.62. The van der Waals surface area contributed by atoms with E-state index >= 15 is 0 Å². The Bertz CT molecular complexity index is 569. The number of aliphatic hydroxyl groups is 1. The van der Waals surface area contributed by atoms with Crippen LogP contribution in [-0.4, -0.2) is 30.6 Å². The van der Waals surface area contributed by atoms with Crippen LogP contribution in [0.2, 0.25) is 5.02 Å². The summed E-state index contributed by atoms with van der Waals surface area (Å²) in [4.78, 5) is 2.13. The highest BCUT2D eigenvalue weighted by Crippen LogP contribution is 2.32. The van der Waals surface area contributed by atoms with Crippen molar-refractivity contribution in [2.45, 2.75) is 18.9 Å². The van der Waals surface area contributed by atoms with Crippen molar-refractivity contribution in [1.29, 1.82) is 0 Å². The standard InChI is InChI=1S/C18H22ClNO/c1-20(2)12-6-9-18(21)16-11-10-15(19)13-17(16)14-7-4-3-5-8-14/h3-5,7-8,10-11,13,18,21H,6,9,12H2,1-2H3. The minimum Gasteiger partial charge on any atom is -0.388 e. The second kappa shape index (κ2) is 7.60. The van der Waals surface area contributed by atoms with Crippen LogP contribution < -0.4 is 0 Å². The lowest BCUT2D eigenvalue weighted by Crippen LogP contribution is -2.14. The molecule has 2 nitrogen and oxygen atoms in total. The summed E-state index contributed by atoms with van der Waals surface area (Å²) >= 11 is 6.13. The zero-order chi connectivity index (χ0) is 15.2. The van der Waals surface area contributed by atoms with Gasteiger partial charge >= 0.3 is 0 Å². The summed E-state index contributed by atoms with van der Waals surface area (Å²) in [5.74, 6) is 0. The highest BCUT2D eigenvalue weighted by Gasteiger charge is 2.14. The van der Waals surface area contributed by atoms with Gasteiger partial charge in [0.1, 0.15) is 0 Å². The third kappa shape index (κ3) is 4.57. The number of benzene rings is 2. The first-order valence-corrected chi connectivity index (χ1v) is 7.63. The molecule has 2 aromatic rings. The molecule has 2 aromatic carbocycles. The molecule has 0 fully saturated rings. The van der Waals surface area contributed by atoms with E-state index in [-0.39, 0.29) is 0 Å². The van der Waals surface area contributed by atoms with Gasteiger partial charge in [0.25, 0.3) is 0 Å². The van der Waals surface area contributed by atoms with Gasteiger partial charge < -0.3 is 10.0 Å². The lowest BCUT2D eigenvalue weighted by molar-refractivity contribution is 0.161. The summed E-state index contributed by atoms with van der Waals surface area (Å²) in [5, 5.41) is 11.2. The Kier molecular flexibility index (Phi) is 5.80. The van der Waals surface area contributed by atoms with Crippen LogP contribution in [0.15, 0.2) is 48.5 Å². The maximum absolute atomic E-state index is 10.5. The summed E-state index contributed by atoms with van der Waals surface area (Å²) in [6.07, 6.45) is 1.25. The van der Waals surface area contributed by atoms with Gasteiger partial charge in [-0.2, -0.15) is 0 Å². The zero-order valence-electron chi connectivity index (χ0n) is 12.6. The minimum absolute atomic E-state index is 0.461. The molecule has 1 unspecified atom stereocenters. The minimum atomic E-state index is -0.461. The SMILES string of the molecule is CN(C)CCCC(O)c1ccc(Cl)cc1-c1ccccc1. The van der Waals surface area contributed by atoms with E-state index in [1.807, 2.05) is 62.6 Å². The lowest BCUT2D eigenvalue weighted by Gasteiger charge is -2.17. The quantitative estimate of drug-likeness (QED) is 0.856. The topological polar surface area (TPSA) is 23.5 Å². The van der Waals surface area contributed by atoms with E-state index in [1.54, 1.807) is 0 Å². The molecule has 0 aliphatic rings. The van der Waals surface area contributed by atoms with Crippen LogP contribution in [0.3, 0.4) is 0 Å². The normalized spacial score (nSPS) is 12.6. The average molecular weight is 304 g/mol. The number of halogens is 1. The molecule has 0 heterocycles. The predicted octanol–water partition coefficient (Wildman–Crippen LogP) is 4.38. The molecular weight excluding hydrogens is 282 g/mol. The molecule has 21 heavy (non-hydrogen) atoms. The third-order valence-corrected chi connectivity index (χ3v) is 3.78. The van der Waals surface area contributed by atoms with E-state index in [2.05, 4.69) is 4.90 Å². The molecule has 1 atom stereocenters. The van der Waals surface area contributed by atoms with Crippen molar-refractivity contribution < 1.29 is 5.11 Å². The van der Waals surface area contributed by atoms with Crippen LogP contribution in [0.1, 0.15) is 24.5 Å². The monoisotopic (exact) mass is 303 g/mol. The maximum Gasteiger partial charge on any atom is 0.0796 e. The molecule has 1 N–H and O–H groups in total. The Morgan fingerprint density at radius 1 is 1.10 bits per heavy atom. The fraction of sp³-hybridized carbons (Fsp3) is 0.333. The van der Waals surface area contributed by atoms with Crippen LogP contribution in [0.4, 0.5) is 0 Å². The fourth-order valence-electron chi connectivity index (χ4n) is 2.44. The second-order valence-corrected chi connectivity index (χ2v) is 6.00. The van der Waals surface area contributed by atoms with Gasteiger partial charge in [-0.15, -0.1) is 0 Å². The Morgan fingerprint density at radius 2 is 1.81 bits per heavy atom. The van der Waals surface area contributed by atoms with E-state index in [4.69, 9.17) is 11.6 Å². The van der Waals surface area contributed by atoms with E-state index in [1.165, 1.54) is 0 Å². The largest absolute Gasteiger partial charge is 0.388 e. The molecule has 3 heteroatoms. The van der Waals surface area contributed by atoms with Crippen molar-refractivity contribution in [3.63, 3.8) is 0 Å². The van der Waals surface area contributed by atoms with Crippen LogP contribution in [0.25, 0.3) is 11.1 Å². The van der Waals surface area contributed by atoms with Gasteiger partial charge in [-0.25, -0.2) is 0 Å². The summed E-state index contributed by atoms with van der Waals surface area (Å²) in [5.41, 5.74) is 3.05. The number of aliphatic hydroxyl groups excluding tert-OH is 1. The van der Waals surface area contributed by atoms with Crippen LogP contribution >= 0.6 is 11.6 Å². The van der Waals surface area contributed by atoms with E-state index < -0.39 is 6.10 Å². The summed E-state index contributed by atoms with van der Waals surface area (Å²) in [6, 6.07) is 15.8. The molecule has 0 amide bonds. The maximum atomic E-state index is 10.5. The lowest BCUT2D eigenvalue weighted by atomic mass is 9.94. The number of hydrogen-bond donors (Lipinski definition) is 1. The van der Waals surface area contributed by atoms with Gasteiger partial charge in [0.2, 0.25) is 0 Å². The Balaban J connectivity index is 2.23. The van der Waals surface area contributed by atoms with Crippen molar-refractivity contribution in [3.05, 3.63) is 59.1 Å². The molecule has 2 rings (SSSR count). The summed E-state index contributed by atoms with van der Waals surface area (Å²) in [7, 11) is 4.09. The van der Waals surface area contributed by atoms with Gasteiger partial charge in [-0.1, -0.05) is 48.0 Å². The van der Waals surface area contributed by atoms with Crippen molar-refractivity contribution in [1.82, 2.24) is 4.90 Å². The second-order valence-electron chi connectivity index (χ2n) is 5.56. The molecule has 0 bridgehead atoms. The summed E-state index contributed by atoms with van der Waals surface area (Å²) < 4.78 is 0. The van der Waals surface area contributed by atoms with E-state index in [9.17, 15) is 5.11 Å². The molecular formula is C18H22ClNO. The Morgan fingerprint density at radius 3 is 2.48 bits per heavy atom. The van der Waals surface area contributed by atoms with Gasteiger partial charge in [-0.3, -0.25) is 0 Å². The number of hydrogen-bond acceptors (Lipinski definition) is 2. The highest BCUT2D eigenvalue weighted by atomic mass is 35.5. The highest BCUT2D eigenvalue weighted by molar-refractivity contribution is 6.30. The van der Waals surface area contributed by atoms with Gasteiger partial charge in [0.15, 0.2) is 0 Å². The smallest absolute Gasteiger partial charge is 0.0796 e. The number of nitrogens with zero attached hydrogens (tertiary/aromatic N) is 1. The van der Waals surface area contributed by atoms with Crippen molar-refractivity contribution in [2.24, 2.45) is 0 Å². The molecule has 0 saturated heterocycles. The molecule has 0 aliphatic heterocycles. The zero-order valence-corrected chi connectivity index (χ0v) is 13.3. The first-order chi connectivity index (χ1) is 10.1. The van der Waals surface area contributed by atoms with Gasteiger partial charge in [0.05, 0.1) is 6.10 Å². The predicted molar refractivity (Wildman–Crippen MR) is 89.6 cm³/mol. The van der Waals surface area contributed by atoms with Crippen molar-refractivity contribution >= 4 is 11.6 Å². The molecule has 0 saturated carbocycles. The van der Waals surface area contributed by atoms with Gasteiger partial charge in [-0.05, 0) is 62.3 Å². The molecule has 0 aliphatic carbocycles. The van der Waals surface area contributed by atoms with Crippen LogP contribution in [-0.2, 0) is 0 Å². The van der Waals surface area contributed by atoms with Crippen LogP contribution in [0, 0.1) is 0 Å². The molecule has 112 valence electrons. The first kappa shape index (κ1) is 16.0. The van der Waals surface area contributed by atoms with Crippen LogP contribution in [0.5, 0.6) is 0 Å². The molecule has 0 aromatic heterocycles. The summed E-state index contributed by atoms with van der Waals surface area (Å²) in [6.45, 7) is 0.978. The van der Waals surface area contributed by atoms with Crippen molar-refractivity contribution in [2.75, 3.05) is 20.6 Å². The molecule has 0 radical (unpaired) electrons. The van der Waals surface area contributed by atoms with E-state index in [0.29, 0.717) is 5.02 Å². The first-order valence-electron chi connectivity index (χ1n) is 7.25. The Labute approximate surface area is 132 Å². The third-order valence-electron chi connectivity index (χ3n) is 3.54.